The third-order valence-corrected chi connectivity index (χ3v) is 2.60. The van der Waals surface area contributed by atoms with Crippen LogP contribution in [0.15, 0.2) is 24.3 Å². The lowest BCUT2D eigenvalue weighted by atomic mass is 10.2. The highest BCUT2D eigenvalue weighted by molar-refractivity contribution is 14.1. The molecule has 82 valence electrons. The number of carbonyl (C=O) groups excluding carboxylic acids is 1. The molecule has 0 aliphatic carbocycles. The van der Waals surface area contributed by atoms with Crippen LogP contribution in [-0.2, 0) is 4.74 Å². The van der Waals surface area contributed by atoms with Crippen molar-refractivity contribution in [2.75, 3.05) is 20.2 Å². The molecule has 0 unspecified atom stereocenters. The number of halogens is 1. The first-order valence-corrected chi connectivity index (χ1v) is 5.89. The summed E-state index contributed by atoms with van der Waals surface area (Å²) in [6.45, 7) is 1.33. The fraction of sp³-hybridized carbons (Fsp3) is 0.364. The molecule has 0 heterocycles. The molecule has 0 amide bonds. The summed E-state index contributed by atoms with van der Waals surface area (Å²) in [5, 5.41) is 3.00. The minimum Gasteiger partial charge on any atom is -0.462 e. The van der Waals surface area contributed by atoms with E-state index in [0.29, 0.717) is 12.2 Å². The highest BCUT2D eigenvalue weighted by Gasteiger charge is 2.05. The standard InChI is InChI=1S/C11H14INO2/c1-13-7-2-8-15-11(14)9-3-5-10(12)6-4-9/h3-6,13H,2,7-8H2,1H3. The van der Waals surface area contributed by atoms with E-state index in [4.69, 9.17) is 4.74 Å². The van der Waals surface area contributed by atoms with Crippen LogP contribution in [0.2, 0.25) is 0 Å². The Balaban J connectivity index is 2.37. The molecule has 0 saturated carbocycles. The molecule has 1 aromatic rings. The number of nitrogens with one attached hydrogen (secondary N) is 1. The summed E-state index contributed by atoms with van der Waals surface area (Å²) in [5.41, 5.74) is 0.611. The highest BCUT2D eigenvalue weighted by Crippen LogP contribution is 2.07. The van der Waals surface area contributed by atoms with Gasteiger partial charge in [0.25, 0.3) is 0 Å². The molecule has 0 aliphatic heterocycles. The van der Waals surface area contributed by atoms with Gasteiger partial charge in [-0.25, -0.2) is 4.79 Å². The van der Waals surface area contributed by atoms with E-state index in [2.05, 4.69) is 27.9 Å². The molecule has 1 aromatic carbocycles. The maximum Gasteiger partial charge on any atom is 0.338 e. The van der Waals surface area contributed by atoms with Crippen LogP contribution >= 0.6 is 22.6 Å². The van der Waals surface area contributed by atoms with Gasteiger partial charge in [0.2, 0.25) is 0 Å². The monoisotopic (exact) mass is 319 g/mol. The largest absolute Gasteiger partial charge is 0.462 e. The fourth-order valence-corrected chi connectivity index (χ4v) is 1.44. The third kappa shape index (κ3) is 4.61. The maximum atomic E-state index is 11.5. The Labute approximate surface area is 103 Å². The Morgan fingerprint density at radius 3 is 2.67 bits per heavy atom. The van der Waals surface area contributed by atoms with Crippen molar-refractivity contribution in [3.05, 3.63) is 33.4 Å². The topological polar surface area (TPSA) is 38.3 Å². The first-order valence-electron chi connectivity index (χ1n) is 4.81. The van der Waals surface area contributed by atoms with Gasteiger partial charge in [-0.1, -0.05) is 0 Å². The van der Waals surface area contributed by atoms with E-state index in [0.717, 1.165) is 16.5 Å². The van der Waals surface area contributed by atoms with E-state index in [1.165, 1.54) is 0 Å². The summed E-state index contributed by atoms with van der Waals surface area (Å²) in [6.07, 6.45) is 0.840. The lowest BCUT2D eigenvalue weighted by Crippen LogP contribution is -2.13. The first kappa shape index (κ1) is 12.4. The number of hydrogen-bond acceptors (Lipinski definition) is 3. The van der Waals surface area contributed by atoms with E-state index in [-0.39, 0.29) is 5.97 Å². The summed E-state index contributed by atoms with van der Waals surface area (Å²) in [7, 11) is 1.88. The van der Waals surface area contributed by atoms with Gasteiger partial charge >= 0.3 is 5.97 Å². The van der Waals surface area contributed by atoms with Gasteiger partial charge in [0, 0.05) is 3.57 Å². The van der Waals surface area contributed by atoms with Gasteiger partial charge in [0.15, 0.2) is 0 Å². The smallest absolute Gasteiger partial charge is 0.338 e. The quantitative estimate of drug-likeness (QED) is 0.513. The number of hydrogen-bond donors (Lipinski definition) is 1. The molecular formula is C11H14INO2. The van der Waals surface area contributed by atoms with Crippen LogP contribution < -0.4 is 5.32 Å². The second-order valence-corrected chi connectivity index (χ2v) is 4.35. The zero-order valence-corrected chi connectivity index (χ0v) is 10.8. The summed E-state index contributed by atoms with van der Waals surface area (Å²) in [5.74, 6) is -0.248. The van der Waals surface area contributed by atoms with Crippen molar-refractivity contribution in [1.82, 2.24) is 5.32 Å². The van der Waals surface area contributed by atoms with Crippen molar-refractivity contribution >= 4 is 28.6 Å². The molecule has 1 N–H and O–H groups in total. The van der Waals surface area contributed by atoms with Crippen LogP contribution in [0.25, 0.3) is 0 Å². The van der Waals surface area contributed by atoms with Crippen LogP contribution in [-0.4, -0.2) is 26.2 Å². The molecule has 3 nitrogen and oxygen atoms in total. The van der Waals surface area contributed by atoms with Gasteiger partial charge < -0.3 is 10.1 Å². The Morgan fingerprint density at radius 1 is 1.40 bits per heavy atom. The molecule has 4 heteroatoms. The molecular weight excluding hydrogens is 305 g/mol. The Hall–Kier alpha value is -0.620. The highest BCUT2D eigenvalue weighted by atomic mass is 127. The molecule has 0 bridgehead atoms. The third-order valence-electron chi connectivity index (χ3n) is 1.88. The minimum atomic E-state index is -0.248. The van der Waals surface area contributed by atoms with E-state index in [1.807, 2.05) is 19.2 Å². The van der Waals surface area contributed by atoms with Crippen molar-refractivity contribution in [2.45, 2.75) is 6.42 Å². The number of esters is 1. The molecule has 1 rings (SSSR count). The Kier molecular flexibility index (Phi) is 5.63. The number of ether oxygens (including phenoxy) is 1. The van der Waals surface area contributed by atoms with Gasteiger partial charge in [-0.3, -0.25) is 0 Å². The Morgan fingerprint density at radius 2 is 2.07 bits per heavy atom. The number of carbonyl (C=O) groups is 1. The lowest BCUT2D eigenvalue weighted by molar-refractivity contribution is 0.0501. The summed E-state index contributed by atoms with van der Waals surface area (Å²) in [4.78, 5) is 11.5. The second-order valence-electron chi connectivity index (χ2n) is 3.10. The second kappa shape index (κ2) is 6.79. The van der Waals surface area contributed by atoms with E-state index < -0.39 is 0 Å². The molecule has 0 fully saturated rings. The van der Waals surface area contributed by atoms with Crippen LogP contribution in [0.4, 0.5) is 0 Å². The normalized spacial score (nSPS) is 10.0. The average Bonchev–Trinajstić information content (AvgIpc) is 2.25. The number of benzene rings is 1. The van der Waals surface area contributed by atoms with Crippen molar-refractivity contribution in [2.24, 2.45) is 0 Å². The van der Waals surface area contributed by atoms with E-state index in [9.17, 15) is 4.79 Å². The summed E-state index contributed by atoms with van der Waals surface area (Å²) >= 11 is 2.20. The van der Waals surface area contributed by atoms with Gasteiger partial charge in [-0.15, -0.1) is 0 Å². The predicted octanol–water partition coefficient (Wildman–Crippen LogP) is 2.06. The zero-order valence-electron chi connectivity index (χ0n) is 8.63. The Bertz CT molecular complexity index is 311. The van der Waals surface area contributed by atoms with Gasteiger partial charge in [0.05, 0.1) is 12.2 Å². The van der Waals surface area contributed by atoms with Crippen LogP contribution in [0, 0.1) is 3.57 Å². The van der Waals surface area contributed by atoms with Crippen molar-refractivity contribution in [3.63, 3.8) is 0 Å². The average molecular weight is 319 g/mol. The van der Waals surface area contributed by atoms with Gasteiger partial charge in [0.1, 0.15) is 0 Å². The summed E-state index contributed by atoms with van der Waals surface area (Å²) < 4.78 is 6.20. The first-order chi connectivity index (χ1) is 7.24. The fourth-order valence-electron chi connectivity index (χ4n) is 1.08. The summed E-state index contributed by atoms with van der Waals surface area (Å²) in [6, 6.07) is 7.35. The minimum absolute atomic E-state index is 0.248. The molecule has 0 saturated heterocycles. The molecule has 0 spiro atoms. The van der Waals surface area contributed by atoms with E-state index >= 15 is 0 Å². The van der Waals surface area contributed by atoms with E-state index in [1.54, 1.807) is 12.1 Å². The van der Waals surface area contributed by atoms with Crippen LogP contribution in [0.1, 0.15) is 16.8 Å². The molecule has 0 radical (unpaired) electrons. The van der Waals surface area contributed by atoms with Crippen molar-refractivity contribution in [1.29, 1.82) is 0 Å². The maximum absolute atomic E-state index is 11.5. The van der Waals surface area contributed by atoms with Crippen molar-refractivity contribution in [3.8, 4) is 0 Å². The number of rotatable bonds is 5. The predicted molar refractivity (Wildman–Crippen MR) is 68.0 cm³/mol. The lowest BCUT2D eigenvalue weighted by Gasteiger charge is -2.04. The van der Waals surface area contributed by atoms with Gasteiger partial charge in [-0.05, 0) is 66.9 Å². The molecule has 0 aliphatic rings. The van der Waals surface area contributed by atoms with Crippen LogP contribution in [0.5, 0.6) is 0 Å². The van der Waals surface area contributed by atoms with Gasteiger partial charge in [-0.2, -0.15) is 0 Å². The van der Waals surface area contributed by atoms with Crippen LogP contribution in [0.3, 0.4) is 0 Å². The zero-order chi connectivity index (χ0) is 11.1. The molecule has 15 heavy (non-hydrogen) atoms. The molecule has 0 aromatic heterocycles. The SMILES string of the molecule is CNCCCOC(=O)c1ccc(I)cc1. The molecule has 0 atom stereocenters. The van der Waals surface area contributed by atoms with Crippen molar-refractivity contribution < 1.29 is 9.53 Å².